The summed E-state index contributed by atoms with van der Waals surface area (Å²) >= 11 is 0. The molecule has 1 aliphatic rings. The molecule has 1 aromatic heterocycles. The van der Waals surface area contributed by atoms with E-state index in [4.69, 9.17) is 4.74 Å². The predicted molar refractivity (Wildman–Crippen MR) is 52.2 cm³/mol. The minimum Gasteiger partial charge on any atom is -0.481 e. The normalized spacial score (nSPS) is 16.2. The average Bonchev–Trinajstić information content (AvgIpc) is 2.71. The fraction of sp³-hybridized carbons (Fsp3) is 0.500. The van der Waals surface area contributed by atoms with E-state index in [9.17, 15) is 0 Å². The molecule has 0 aromatic carbocycles. The lowest BCUT2D eigenvalue weighted by Gasteiger charge is -2.16. The molecular weight excluding hydrogens is 164 g/mol. The van der Waals surface area contributed by atoms with Crippen LogP contribution in [0.15, 0.2) is 18.2 Å². The van der Waals surface area contributed by atoms with Gasteiger partial charge in [0.05, 0.1) is 7.11 Å². The van der Waals surface area contributed by atoms with Crippen LogP contribution < -0.4 is 9.64 Å². The Morgan fingerprint density at radius 3 is 2.77 bits per heavy atom. The first-order chi connectivity index (χ1) is 6.40. The Labute approximate surface area is 78.3 Å². The highest BCUT2D eigenvalue weighted by atomic mass is 16.5. The summed E-state index contributed by atoms with van der Waals surface area (Å²) in [6.07, 6.45) is 2.55. The van der Waals surface area contributed by atoms with Crippen LogP contribution in [0.1, 0.15) is 12.8 Å². The van der Waals surface area contributed by atoms with Gasteiger partial charge in [-0.2, -0.15) is 4.98 Å². The third kappa shape index (κ3) is 1.74. The van der Waals surface area contributed by atoms with Crippen LogP contribution in [0.2, 0.25) is 0 Å². The fourth-order valence-corrected chi connectivity index (χ4v) is 1.64. The van der Waals surface area contributed by atoms with Crippen molar-refractivity contribution < 1.29 is 4.74 Å². The lowest BCUT2D eigenvalue weighted by Crippen LogP contribution is -2.18. The van der Waals surface area contributed by atoms with Gasteiger partial charge in [0.1, 0.15) is 5.82 Å². The van der Waals surface area contributed by atoms with Crippen molar-refractivity contribution in [1.82, 2.24) is 4.98 Å². The van der Waals surface area contributed by atoms with Gasteiger partial charge in [-0.3, -0.25) is 0 Å². The van der Waals surface area contributed by atoms with Crippen LogP contribution in [0.4, 0.5) is 5.82 Å². The Hall–Kier alpha value is -1.25. The monoisotopic (exact) mass is 178 g/mol. The highest BCUT2D eigenvalue weighted by Gasteiger charge is 2.13. The molecule has 1 aromatic rings. The van der Waals surface area contributed by atoms with Crippen molar-refractivity contribution in [3.8, 4) is 5.88 Å². The van der Waals surface area contributed by atoms with Crippen molar-refractivity contribution in [2.24, 2.45) is 0 Å². The van der Waals surface area contributed by atoms with Crippen molar-refractivity contribution in [1.29, 1.82) is 0 Å². The first-order valence-electron chi connectivity index (χ1n) is 4.66. The molecule has 1 saturated heterocycles. The van der Waals surface area contributed by atoms with Crippen LogP contribution in [-0.4, -0.2) is 25.2 Å². The highest BCUT2D eigenvalue weighted by molar-refractivity contribution is 5.41. The number of rotatable bonds is 2. The molecule has 0 atom stereocenters. The summed E-state index contributed by atoms with van der Waals surface area (Å²) in [7, 11) is 1.65. The summed E-state index contributed by atoms with van der Waals surface area (Å²) in [5, 5.41) is 0. The van der Waals surface area contributed by atoms with Gasteiger partial charge in [-0.25, -0.2) is 0 Å². The van der Waals surface area contributed by atoms with Crippen molar-refractivity contribution in [3.63, 3.8) is 0 Å². The maximum atomic E-state index is 5.08. The first-order valence-corrected chi connectivity index (χ1v) is 4.66. The van der Waals surface area contributed by atoms with Crippen LogP contribution in [0.3, 0.4) is 0 Å². The van der Waals surface area contributed by atoms with Gasteiger partial charge in [0.2, 0.25) is 5.88 Å². The Morgan fingerprint density at radius 2 is 2.08 bits per heavy atom. The number of hydrogen-bond donors (Lipinski definition) is 0. The molecule has 2 rings (SSSR count). The maximum Gasteiger partial charge on any atom is 0.214 e. The fourth-order valence-electron chi connectivity index (χ4n) is 1.64. The van der Waals surface area contributed by atoms with E-state index in [1.165, 1.54) is 12.8 Å². The van der Waals surface area contributed by atoms with Crippen LogP contribution in [0, 0.1) is 0 Å². The summed E-state index contributed by atoms with van der Waals surface area (Å²) in [5.74, 6) is 1.74. The maximum absolute atomic E-state index is 5.08. The predicted octanol–water partition coefficient (Wildman–Crippen LogP) is 1.69. The second-order valence-corrected chi connectivity index (χ2v) is 3.23. The SMILES string of the molecule is COc1cccc(N2CCCC2)n1. The number of aromatic nitrogens is 1. The van der Waals surface area contributed by atoms with E-state index < -0.39 is 0 Å². The van der Waals surface area contributed by atoms with E-state index in [-0.39, 0.29) is 0 Å². The summed E-state index contributed by atoms with van der Waals surface area (Å²) in [5.41, 5.74) is 0. The molecule has 0 saturated carbocycles. The van der Waals surface area contributed by atoms with Gasteiger partial charge >= 0.3 is 0 Å². The van der Waals surface area contributed by atoms with Crippen molar-refractivity contribution in [2.75, 3.05) is 25.1 Å². The zero-order valence-electron chi connectivity index (χ0n) is 7.86. The molecule has 70 valence electrons. The number of hydrogen-bond acceptors (Lipinski definition) is 3. The van der Waals surface area contributed by atoms with E-state index in [2.05, 4.69) is 9.88 Å². The largest absolute Gasteiger partial charge is 0.481 e. The van der Waals surface area contributed by atoms with Crippen LogP contribution >= 0.6 is 0 Å². The topological polar surface area (TPSA) is 25.4 Å². The van der Waals surface area contributed by atoms with E-state index in [0.717, 1.165) is 18.9 Å². The quantitative estimate of drug-likeness (QED) is 0.689. The third-order valence-corrected chi connectivity index (χ3v) is 2.35. The van der Waals surface area contributed by atoms with Crippen LogP contribution in [0.25, 0.3) is 0 Å². The van der Waals surface area contributed by atoms with Gasteiger partial charge in [-0.1, -0.05) is 6.07 Å². The average molecular weight is 178 g/mol. The van der Waals surface area contributed by atoms with Gasteiger partial charge in [0, 0.05) is 19.2 Å². The number of anilines is 1. The second-order valence-electron chi connectivity index (χ2n) is 3.23. The molecule has 1 fully saturated rings. The van der Waals surface area contributed by atoms with Gasteiger partial charge in [0.25, 0.3) is 0 Å². The Balaban J connectivity index is 2.18. The number of methoxy groups -OCH3 is 1. The third-order valence-electron chi connectivity index (χ3n) is 2.35. The van der Waals surface area contributed by atoms with Crippen molar-refractivity contribution in [3.05, 3.63) is 18.2 Å². The molecule has 1 aliphatic heterocycles. The minimum atomic E-state index is 0.699. The molecule has 0 aliphatic carbocycles. The van der Waals surface area contributed by atoms with E-state index in [1.807, 2.05) is 18.2 Å². The second kappa shape index (κ2) is 3.64. The smallest absolute Gasteiger partial charge is 0.214 e. The van der Waals surface area contributed by atoms with E-state index in [0.29, 0.717) is 5.88 Å². The molecule has 0 amide bonds. The Kier molecular flexibility index (Phi) is 2.34. The van der Waals surface area contributed by atoms with E-state index in [1.54, 1.807) is 7.11 Å². The number of pyridine rings is 1. The standard InChI is InChI=1S/C10H14N2O/c1-13-10-6-4-5-9(11-10)12-7-2-3-8-12/h4-6H,2-3,7-8H2,1H3. The Morgan fingerprint density at radius 1 is 1.31 bits per heavy atom. The summed E-state index contributed by atoms with van der Waals surface area (Å²) in [6, 6.07) is 5.90. The summed E-state index contributed by atoms with van der Waals surface area (Å²) < 4.78 is 5.08. The number of ether oxygens (including phenoxy) is 1. The molecule has 3 nitrogen and oxygen atoms in total. The van der Waals surface area contributed by atoms with E-state index >= 15 is 0 Å². The molecule has 0 N–H and O–H groups in total. The van der Waals surface area contributed by atoms with Crippen LogP contribution in [-0.2, 0) is 0 Å². The molecule has 13 heavy (non-hydrogen) atoms. The van der Waals surface area contributed by atoms with Crippen molar-refractivity contribution in [2.45, 2.75) is 12.8 Å². The number of nitrogens with zero attached hydrogens (tertiary/aromatic N) is 2. The lowest BCUT2D eigenvalue weighted by molar-refractivity contribution is 0.398. The molecule has 2 heterocycles. The van der Waals surface area contributed by atoms with Gasteiger partial charge in [0.15, 0.2) is 0 Å². The molecule has 3 heteroatoms. The molecule has 0 radical (unpaired) electrons. The Bertz CT molecular complexity index is 282. The molecular formula is C10H14N2O. The highest BCUT2D eigenvalue weighted by Crippen LogP contribution is 2.19. The minimum absolute atomic E-state index is 0.699. The van der Waals surface area contributed by atoms with Gasteiger partial charge < -0.3 is 9.64 Å². The lowest BCUT2D eigenvalue weighted by atomic mass is 10.4. The summed E-state index contributed by atoms with van der Waals surface area (Å²) in [6.45, 7) is 2.25. The first kappa shape index (κ1) is 8.35. The zero-order chi connectivity index (χ0) is 9.10. The van der Waals surface area contributed by atoms with Crippen LogP contribution in [0.5, 0.6) is 5.88 Å². The van der Waals surface area contributed by atoms with Crippen molar-refractivity contribution >= 4 is 5.82 Å². The zero-order valence-corrected chi connectivity index (χ0v) is 7.86. The molecule has 0 unspecified atom stereocenters. The van der Waals surface area contributed by atoms with Gasteiger partial charge in [-0.15, -0.1) is 0 Å². The summed E-state index contributed by atoms with van der Waals surface area (Å²) in [4.78, 5) is 6.67. The molecule has 0 bridgehead atoms. The molecule has 0 spiro atoms. The van der Waals surface area contributed by atoms with Gasteiger partial charge in [-0.05, 0) is 18.9 Å².